The molecule has 0 unspecified atom stereocenters. The molecule has 0 aromatic rings. The van der Waals surface area contributed by atoms with Crippen molar-refractivity contribution in [1.82, 2.24) is 0 Å². The van der Waals surface area contributed by atoms with Crippen LogP contribution in [0.3, 0.4) is 0 Å². The van der Waals surface area contributed by atoms with Gasteiger partial charge in [-0.1, -0.05) is 27.7 Å². The number of hydrogen-bond acceptors (Lipinski definition) is 4. The predicted molar refractivity (Wildman–Crippen MR) is 146 cm³/mol. The van der Waals surface area contributed by atoms with Gasteiger partial charge in [0.15, 0.2) is 0 Å². The molecule has 0 saturated heterocycles. The van der Waals surface area contributed by atoms with Crippen LogP contribution < -0.4 is 0 Å². The van der Waals surface area contributed by atoms with Gasteiger partial charge >= 0.3 is 5.97 Å². The van der Waals surface area contributed by atoms with Gasteiger partial charge in [-0.15, -0.1) is 0 Å². The lowest BCUT2D eigenvalue weighted by Crippen LogP contribution is -2.58. The highest BCUT2D eigenvalue weighted by Crippen LogP contribution is 2.68. The maximum absolute atomic E-state index is 13.1. The molecule has 0 aromatic heterocycles. The van der Waals surface area contributed by atoms with Gasteiger partial charge in [0, 0.05) is 6.42 Å². The molecule has 4 nitrogen and oxygen atoms in total. The lowest BCUT2D eigenvalue weighted by atomic mass is 9.43. The zero-order valence-electron chi connectivity index (χ0n) is 24.1. The highest BCUT2D eigenvalue weighted by molar-refractivity contribution is 5.70. The number of rotatable bonds is 6. The fourth-order valence-corrected chi connectivity index (χ4v) is 12.0. The average molecular weight is 515 g/mol. The third-order valence-electron chi connectivity index (χ3n) is 14.1. The highest BCUT2D eigenvalue weighted by atomic mass is 16.6. The van der Waals surface area contributed by atoms with Crippen LogP contribution in [0.15, 0.2) is 0 Å². The number of carbonyl (C=O) groups is 1. The maximum atomic E-state index is 13.1. The number of aliphatic hydroxyl groups is 2. The molecule has 0 spiro atoms. The van der Waals surface area contributed by atoms with E-state index in [1.807, 2.05) is 0 Å². The highest BCUT2D eigenvalue weighted by Gasteiger charge is 2.63. The molecule has 6 aliphatic carbocycles. The molecule has 0 radical (unpaired) electrons. The second-order valence-corrected chi connectivity index (χ2v) is 15.4. The molecule has 0 aromatic carbocycles. The van der Waals surface area contributed by atoms with Crippen molar-refractivity contribution < 1.29 is 19.7 Å². The smallest absolute Gasteiger partial charge is 0.306 e. The van der Waals surface area contributed by atoms with Gasteiger partial charge in [0.05, 0.1) is 12.2 Å². The molecule has 6 fully saturated rings. The van der Waals surface area contributed by atoms with Gasteiger partial charge in [0.1, 0.15) is 5.60 Å². The fourth-order valence-electron chi connectivity index (χ4n) is 12.0. The van der Waals surface area contributed by atoms with Gasteiger partial charge in [-0.3, -0.25) is 4.79 Å². The van der Waals surface area contributed by atoms with E-state index < -0.39 is 0 Å². The SMILES string of the molecule is CC[C@]1(OC(=O)CC[C@@H](C)[C@H]2CC[C@H]3[C@@H]4[C@H](O)C[C@@H]5C[C@H](O)CC[C@]5(C)[C@H]4CC[C@]23C)C[C@@H]2CC[C@H]1C2. The van der Waals surface area contributed by atoms with Crippen molar-refractivity contribution in [2.75, 3.05) is 0 Å². The minimum Gasteiger partial charge on any atom is -0.459 e. The first-order valence-corrected chi connectivity index (χ1v) is 16.2. The second kappa shape index (κ2) is 9.50. The number of fused-ring (bicyclic) bond motifs is 7. The molecule has 0 aliphatic heterocycles. The number of ether oxygens (including phenoxy) is 1. The van der Waals surface area contributed by atoms with Crippen molar-refractivity contribution in [3.63, 3.8) is 0 Å². The van der Waals surface area contributed by atoms with Gasteiger partial charge in [0.25, 0.3) is 0 Å². The van der Waals surface area contributed by atoms with Crippen LogP contribution in [0.1, 0.15) is 124 Å². The Bertz CT molecular complexity index is 872. The number of esters is 1. The minimum absolute atomic E-state index is 0.0470. The van der Waals surface area contributed by atoms with E-state index in [1.54, 1.807) is 0 Å². The van der Waals surface area contributed by atoms with Crippen LogP contribution in [0, 0.1) is 58.2 Å². The Labute approximate surface area is 225 Å². The van der Waals surface area contributed by atoms with Crippen LogP contribution in [0.2, 0.25) is 0 Å². The van der Waals surface area contributed by atoms with Gasteiger partial charge in [0.2, 0.25) is 0 Å². The molecular weight excluding hydrogens is 460 g/mol. The van der Waals surface area contributed by atoms with Crippen molar-refractivity contribution in [3.05, 3.63) is 0 Å². The normalized spacial score (nSPS) is 53.3. The molecule has 210 valence electrons. The van der Waals surface area contributed by atoms with E-state index in [4.69, 9.17) is 4.74 Å². The molecule has 37 heavy (non-hydrogen) atoms. The lowest BCUT2D eigenvalue weighted by Gasteiger charge is -2.62. The summed E-state index contributed by atoms with van der Waals surface area (Å²) in [6, 6.07) is 0. The summed E-state index contributed by atoms with van der Waals surface area (Å²) in [6.07, 6.45) is 15.8. The van der Waals surface area contributed by atoms with Crippen LogP contribution in [-0.2, 0) is 9.53 Å². The van der Waals surface area contributed by atoms with Crippen molar-refractivity contribution in [2.45, 2.75) is 142 Å². The Hall–Kier alpha value is -0.610. The molecule has 0 heterocycles. The van der Waals surface area contributed by atoms with Crippen molar-refractivity contribution >= 4 is 5.97 Å². The summed E-state index contributed by atoms with van der Waals surface area (Å²) >= 11 is 0. The van der Waals surface area contributed by atoms with E-state index in [-0.39, 0.29) is 34.6 Å². The molecule has 6 aliphatic rings. The molecule has 6 rings (SSSR count). The first-order valence-electron chi connectivity index (χ1n) is 16.2. The van der Waals surface area contributed by atoms with E-state index in [0.717, 1.165) is 50.9 Å². The van der Waals surface area contributed by atoms with Gasteiger partial charge in [-0.2, -0.15) is 0 Å². The summed E-state index contributed by atoms with van der Waals surface area (Å²) in [5, 5.41) is 21.8. The summed E-state index contributed by atoms with van der Waals surface area (Å²) in [7, 11) is 0. The Balaban J connectivity index is 1.10. The monoisotopic (exact) mass is 514 g/mol. The number of aliphatic hydroxyl groups excluding tert-OH is 2. The predicted octanol–water partition coefficient (Wildman–Crippen LogP) is 6.91. The summed E-state index contributed by atoms with van der Waals surface area (Å²) in [5.74, 6) is 4.68. The summed E-state index contributed by atoms with van der Waals surface area (Å²) in [6.45, 7) is 9.63. The molecule has 2 N–H and O–H groups in total. The standard InChI is InChI=1S/C33H54O4/c1-5-33(19-21-7-8-22(33)16-21)37-29(36)11-6-20(2)25-9-10-26-30-27(13-15-32(25,26)4)31(3)14-12-24(34)17-23(31)18-28(30)35/h20-28,30,34-35H,5-19H2,1-4H3/t20-,21-,22+,23+,24-,25-,26+,27+,28-,30+,31+,32-,33+/m1/s1. The minimum atomic E-state index is -0.214. The summed E-state index contributed by atoms with van der Waals surface area (Å²) < 4.78 is 6.29. The fraction of sp³-hybridized carbons (Fsp3) is 0.970. The number of carbonyl (C=O) groups excluding carboxylic acids is 1. The van der Waals surface area contributed by atoms with Gasteiger partial charge in [-0.05, 0) is 148 Å². The van der Waals surface area contributed by atoms with E-state index in [0.29, 0.717) is 47.8 Å². The van der Waals surface area contributed by atoms with Crippen LogP contribution in [0.5, 0.6) is 0 Å². The van der Waals surface area contributed by atoms with E-state index in [1.165, 1.54) is 44.9 Å². The van der Waals surface area contributed by atoms with E-state index >= 15 is 0 Å². The van der Waals surface area contributed by atoms with Crippen LogP contribution in [0.25, 0.3) is 0 Å². The van der Waals surface area contributed by atoms with E-state index in [2.05, 4.69) is 27.7 Å². The number of hydrogen-bond donors (Lipinski definition) is 2. The molecule has 2 bridgehead atoms. The molecule has 4 heteroatoms. The summed E-state index contributed by atoms with van der Waals surface area (Å²) in [4.78, 5) is 13.1. The van der Waals surface area contributed by atoms with E-state index in [9.17, 15) is 15.0 Å². The lowest BCUT2D eigenvalue weighted by molar-refractivity contribution is -0.174. The first-order chi connectivity index (χ1) is 17.6. The van der Waals surface area contributed by atoms with Crippen molar-refractivity contribution in [3.8, 4) is 0 Å². The third-order valence-corrected chi connectivity index (χ3v) is 14.1. The van der Waals surface area contributed by atoms with Gasteiger partial charge in [-0.25, -0.2) is 0 Å². The molecule has 0 amide bonds. The topological polar surface area (TPSA) is 66.8 Å². The van der Waals surface area contributed by atoms with Gasteiger partial charge < -0.3 is 14.9 Å². The van der Waals surface area contributed by atoms with Crippen LogP contribution in [0.4, 0.5) is 0 Å². The first kappa shape index (κ1) is 26.6. The Kier molecular flexibility index (Phi) is 6.83. The van der Waals surface area contributed by atoms with Crippen LogP contribution >= 0.6 is 0 Å². The van der Waals surface area contributed by atoms with Crippen LogP contribution in [-0.4, -0.2) is 34.0 Å². The quantitative estimate of drug-likeness (QED) is 0.378. The van der Waals surface area contributed by atoms with Crippen molar-refractivity contribution in [1.29, 1.82) is 0 Å². The second-order valence-electron chi connectivity index (χ2n) is 15.4. The molecule has 13 atom stereocenters. The zero-order chi connectivity index (χ0) is 26.2. The summed E-state index contributed by atoms with van der Waals surface area (Å²) in [5.41, 5.74) is 0.400. The molecule has 6 saturated carbocycles. The van der Waals surface area contributed by atoms with Crippen molar-refractivity contribution in [2.24, 2.45) is 58.2 Å². The third kappa shape index (κ3) is 4.16. The molecular formula is C33H54O4. The maximum Gasteiger partial charge on any atom is 0.306 e. The average Bonchev–Trinajstić information content (AvgIpc) is 3.56. The Morgan fingerprint density at radius 2 is 1.68 bits per heavy atom. The Morgan fingerprint density at radius 3 is 2.38 bits per heavy atom. The largest absolute Gasteiger partial charge is 0.459 e. The Morgan fingerprint density at radius 1 is 0.919 bits per heavy atom. The zero-order valence-corrected chi connectivity index (χ0v) is 24.1.